The number of nitrogens with zero attached hydrogens (tertiary/aromatic N) is 1. The van der Waals surface area contributed by atoms with E-state index in [9.17, 15) is 9.59 Å². The molecular weight excluding hydrogens is 230 g/mol. The van der Waals surface area contributed by atoms with Gasteiger partial charge in [-0.2, -0.15) is 0 Å². The summed E-state index contributed by atoms with van der Waals surface area (Å²) in [6, 6.07) is 0.428. The summed E-state index contributed by atoms with van der Waals surface area (Å²) in [6.45, 7) is 8.65. The molecule has 1 saturated heterocycles. The van der Waals surface area contributed by atoms with Crippen LogP contribution in [0.2, 0.25) is 0 Å². The van der Waals surface area contributed by atoms with Gasteiger partial charge in [-0.05, 0) is 39.3 Å². The van der Waals surface area contributed by atoms with Crippen LogP contribution in [-0.2, 0) is 9.59 Å². The summed E-state index contributed by atoms with van der Waals surface area (Å²) >= 11 is 0. The lowest BCUT2D eigenvalue weighted by atomic mass is 10.2. The van der Waals surface area contributed by atoms with Crippen molar-refractivity contribution < 1.29 is 9.59 Å². The van der Waals surface area contributed by atoms with Gasteiger partial charge in [0.1, 0.15) is 0 Å². The zero-order chi connectivity index (χ0) is 13.5. The van der Waals surface area contributed by atoms with Crippen molar-refractivity contribution in [1.29, 1.82) is 0 Å². The van der Waals surface area contributed by atoms with Gasteiger partial charge >= 0.3 is 11.8 Å². The molecule has 1 fully saturated rings. The summed E-state index contributed by atoms with van der Waals surface area (Å²) < 4.78 is 0. The Hall–Kier alpha value is -1.10. The maximum Gasteiger partial charge on any atom is 0.309 e. The first-order valence-electron chi connectivity index (χ1n) is 6.91. The predicted molar refractivity (Wildman–Crippen MR) is 71.2 cm³/mol. The normalized spacial score (nSPS) is 21.6. The van der Waals surface area contributed by atoms with Crippen molar-refractivity contribution in [3.8, 4) is 0 Å². The molecular formula is C13H25N3O2. The summed E-state index contributed by atoms with van der Waals surface area (Å²) in [5.41, 5.74) is 0. The zero-order valence-corrected chi connectivity index (χ0v) is 11.7. The van der Waals surface area contributed by atoms with Gasteiger partial charge in [0.2, 0.25) is 0 Å². The summed E-state index contributed by atoms with van der Waals surface area (Å²) in [5, 5.41) is 5.39. The highest BCUT2D eigenvalue weighted by Gasteiger charge is 2.24. The smallest absolute Gasteiger partial charge is 0.309 e. The zero-order valence-electron chi connectivity index (χ0n) is 11.7. The number of amides is 2. The molecule has 2 atom stereocenters. The molecule has 1 aliphatic heterocycles. The Balaban J connectivity index is 2.30. The minimum Gasteiger partial charge on any atom is -0.346 e. The van der Waals surface area contributed by atoms with Crippen LogP contribution in [0.25, 0.3) is 0 Å². The highest BCUT2D eigenvalue weighted by Crippen LogP contribution is 2.15. The van der Waals surface area contributed by atoms with E-state index in [4.69, 9.17) is 0 Å². The molecule has 0 aromatic rings. The van der Waals surface area contributed by atoms with Crippen LogP contribution in [0.1, 0.15) is 40.0 Å². The van der Waals surface area contributed by atoms with E-state index in [1.165, 1.54) is 6.42 Å². The first kappa shape index (κ1) is 15.0. The number of carbonyl (C=O) groups is 2. The fourth-order valence-electron chi connectivity index (χ4n) is 2.22. The maximum atomic E-state index is 11.6. The lowest BCUT2D eigenvalue weighted by Crippen LogP contribution is -2.47. The van der Waals surface area contributed by atoms with Gasteiger partial charge in [-0.1, -0.05) is 13.8 Å². The number of hydrogen-bond acceptors (Lipinski definition) is 3. The molecule has 1 aliphatic rings. The highest BCUT2D eigenvalue weighted by atomic mass is 16.2. The lowest BCUT2D eigenvalue weighted by molar-refractivity contribution is -0.139. The second kappa shape index (κ2) is 7.36. The second-order valence-electron chi connectivity index (χ2n) is 4.92. The number of hydrogen-bond donors (Lipinski definition) is 2. The van der Waals surface area contributed by atoms with Crippen molar-refractivity contribution in [3.05, 3.63) is 0 Å². The molecule has 0 aliphatic carbocycles. The number of rotatable bonds is 5. The van der Waals surface area contributed by atoms with Gasteiger partial charge in [-0.25, -0.2) is 0 Å². The number of carbonyl (C=O) groups excluding carboxylic acids is 2. The van der Waals surface area contributed by atoms with Gasteiger partial charge < -0.3 is 10.6 Å². The van der Waals surface area contributed by atoms with E-state index >= 15 is 0 Å². The Morgan fingerprint density at radius 1 is 1.33 bits per heavy atom. The van der Waals surface area contributed by atoms with Crippen molar-refractivity contribution >= 4 is 11.8 Å². The molecule has 0 saturated carbocycles. The standard InChI is InChI=1S/C13H25N3O2/c1-4-10(3)15-13(18)12(17)14-9-11-7-6-8-16(11)5-2/h10-11H,4-9H2,1-3H3,(H,14,17)(H,15,18)/t10-,11-/m1/s1. The summed E-state index contributed by atoms with van der Waals surface area (Å²) in [4.78, 5) is 25.5. The Morgan fingerprint density at radius 3 is 2.67 bits per heavy atom. The van der Waals surface area contributed by atoms with Crippen molar-refractivity contribution in [3.63, 3.8) is 0 Å². The molecule has 18 heavy (non-hydrogen) atoms. The Morgan fingerprint density at radius 2 is 2.06 bits per heavy atom. The topological polar surface area (TPSA) is 61.4 Å². The fourth-order valence-corrected chi connectivity index (χ4v) is 2.22. The largest absolute Gasteiger partial charge is 0.346 e. The van der Waals surface area contributed by atoms with Gasteiger partial charge in [-0.3, -0.25) is 14.5 Å². The van der Waals surface area contributed by atoms with Crippen LogP contribution in [0.4, 0.5) is 0 Å². The van der Waals surface area contributed by atoms with Gasteiger partial charge in [0.25, 0.3) is 0 Å². The van der Waals surface area contributed by atoms with Crippen LogP contribution in [0.5, 0.6) is 0 Å². The van der Waals surface area contributed by atoms with Gasteiger partial charge in [-0.15, -0.1) is 0 Å². The quantitative estimate of drug-likeness (QED) is 0.703. The van der Waals surface area contributed by atoms with Crippen molar-refractivity contribution in [1.82, 2.24) is 15.5 Å². The first-order valence-corrected chi connectivity index (χ1v) is 6.91. The third-order valence-electron chi connectivity index (χ3n) is 3.60. The van der Waals surface area contributed by atoms with E-state index in [1.54, 1.807) is 0 Å². The molecule has 2 amide bonds. The van der Waals surface area contributed by atoms with Crippen LogP contribution in [0.3, 0.4) is 0 Å². The third kappa shape index (κ3) is 4.29. The Kier molecular flexibility index (Phi) is 6.12. The Bertz CT molecular complexity index is 294. The molecule has 0 radical (unpaired) electrons. The number of likely N-dealkylation sites (tertiary alicyclic amines) is 1. The van der Waals surface area contributed by atoms with E-state index in [0.29, 0.717) is 12.6 Å². The molecule has 5 heteroatoms. The molecule has 0 spiro atoms. The van der Waals surface area contributed by atoms with Crippen molar-refractivity contribution in [2.24, 2.45) is 0 Å². The minimum absolute atomic E-state index is 0.0434. The molecule has 0 bridgehead atoms. The molecule has 0 unspecified atom stereocenters. The molecule has 1 rings (SSSR count). The predicted octanol–water partition coefficient (Wildman–Crippen LogP) is 0.502. The SMILES string of the molecule is CC[C@@H](C)NC(=O)C(=O)NC[C@H]1CCCN1CC. The second-order valence-corrected chi connectivity index (χ2v) is 4.92. The van der Waals surface area contributed by atoms with E-state index in [2.05, 4.69) is 22.5 Å². The van der Waals surface area contributed by atoms with Crippen LogP contribution in [0.15, 0.2) is 0 Å². The van der Waals surface area contributed by atoms with E-state index in [1.807, 2.05) is 13.8 Å². The van der Waals surface area contributed by atoms with E-state index in [-0.39, 0.29) is 6.04 Å². The average Bonchev–Trinajstić information content (AvgIpc) is 2.82. The molecule has 1 heterocycles. The molecule has 104 valence electrons. The van der Waals surface area contributed by atoms with Crippen LogP contribution >= 0.6 is 0 Å². The number of nitrogens with one attached hydrogen (secondary N) is 2. The van der Waals surface area contributed by atoms with E-state index < -0.39 is 11.8 Å². The highest BCUT2D eigenvalue weighted by molar-refractivity contribution is 6.35. The van der Waals surface area contributed by atoms with Crippen molar-refractivity contribution in [2.75, 3.05) is 19.6 Å². The summed E-state index contributed by atoms with van der Waals surface area (Å²) in [6.07, 6.45) is 3.10. The minimum atomic E-state index is -0.523. The summed E-state index contributed by atoms with van der Waals surface area (Å²) in [5.74, 6) is -1.04. The number of likely N-dealkylation sites (N-methyl/N-ethyl adjacent to an activating group) is 1. The first-order chi connectivity index (χ1) is 8.58. The molecule has 5 nitrogen and oxygen atoms in total. The lowest BCUT2D eigenvalue weighted by Gasteiger charge is -2.22. The monoisotopic (exact) mass is 255 g/mol. The Labute approximate surface area is 109 Å². The van der Waals surface area contributed by atoms with Crippen LogP contribution < -0.4 is 10.6 Å². The molecule has 2 N–H and O–H groups in total. The van der Waals surface area contributed by atoms with Crippen LogP contribution in [-0.4, -0.2) is 48.4 Å². The summed E-state index contributed by atoms with van der Waals surface area (Å²) in [7, 11) is 0. The van der Waals surface area contributed by atoms with Gasteiger partial charge in [0.05, 0.1) is 0 Å². The van der Waals surface area contributed by atoms with Gasteiger partial charge in [0, 0.05) is 18.6 Å². The molecule has 0 aromatic carbocycles. The molecule has 0 aromatic heterocycles. The van der Waals surface area contributed by atoms with Crippen molar-refractivity contribution in [2.45, 2.75) is 52.1 Å². The maximum absolute atomic E-state index is 11.6. The average molecular weight is 255 g/mol. The van der Waals surface area contributed by atoms with E-state index in [0.717, 1.165) is 25.9 Å². The third-order valence-corrected chi connectivity index (χ3v) is 3.60. The fraction of sp³-hybridized carbons (Fsp3) is 0.846. The van der Waals surface area contributed by atoms with Crippen LogP contribution in [0, 0.1) is 0 Å². The van der Waals surface area contributed by atoms with Gasteiger partial charge in [0.15, 0.2) is 0 Å².